The van der Waals surface area contributed by atoms with Crippen LogP contribution < -0.4 is 4.74 Å². The van der Waals surface area contributed by atoms with Crippen LogP contribution in [0.5, 0.6) is 5.75 Å². The van der Waals surface area contributed by atoms with Gasteiger partial charge in [-0.3, -0.25) is 0 Å². The Kier molecular flexibility index (Phi) is 9.01. The number of hydrogen-bond acceptors (Lipinski definition) is 4. The second kappa shape index (κ2) is 10.7. The summed E-state index contributed by atoms with van der Waals surface area (Å²) in [6.07, 6.45) is 3.83. The predicted octanol–water partition coefficient (Wildman–Crippen LogP) is 5.85. The lowest BCUT2D eigenvalue weighted by Gasteiger charge is -2.13. The molecule has 1 aromatic rings. The Labute approximate surface area is 160 Å². The maximum absolute atomic E-state index is 11.5. The number of carbonyl (C=O) groups is 1. The van der Waals surface area contributed by atoms with E-state index in [2.05, 4.69) is 26.8 Å². The van der Waals surface area contributed by atoms with E-state index >= 15 is 0 Å². The molecule has 1 N–H and O–H groups in total. The van der Waals surface area contributed by atoms with Crippen molar-refractivity contribution in [3.8, 4) is 11.8 Å². The van der Waals surface area contributed by atoms with E-state index in [9.17, 15) is 15.2 Å². The van der Waals surface area contributed by atoms with Gasteiger partial charge in [-0.25, -0.2) is 4.79 Å². The van der Waals surface area contributed by atoms with Crippen molar-refractivity contribution >= 4 is 22.6 Å². The third-order valence-electron chi connectivity index (χ3n) is 3.44. The van der Waals surface area contributed by atoms with Crippen molar-refractivity contribution < 1.29 is 14.6 Å². The molecule has 0 aliphatic carbocycles. The average Bonchev–Trinajstić information content (AvgIpc) is 2.59. The molecule has 0 atom stereocenters. The summed E-state index contributed by atoms with van der Waals surface area (Å²) in [6, 6.07) is 7.63. The Bertz CT molecular complexity index is 738. The van der Waals surface area contributed by atoms with E-state index in [0.29, 0.717) is 28.7 Å². The highest BCUT2D eigenvalue weighted by atomic mass is 32.2. The molecule has 5 heteroatoms. The van der Waals surface area contributed by atoms with Gasteiger partial charge in [0.25, 0.3) is 0 Å². The van der Waals surface area contributed by atoms with Crippen molar-refractivity contribution in [1.82, 2.24) is 0 Å². The van der Waals surface area contributed by atoms with Crippen LogP contribution in [0.4, 0.5) is 0 Å². The summed E-state index contributed by atoms with van der Waals surface area (Å²) in [7, 11) is 0. The number of carboxylic acid groups (broad SMARTS) is 1. The van der Waals surface area contributed by atoms with Crippen LogP contribution in [-0.4, -0.2) is 17.7 Å². The molecule has 0 heterocycles. The minimum absolute atomic E-state index is 0.311. The average molecular weight is 374 g/mol. The van der Waals surface area contributed by atoms with Crippen LogP contribution in [0.15, 0.2) is 34.8 Å². The molecule has 0 spiro atoms. The van der Waals surface area contributed by atoms with Crippen LogP contribution in [-0.2, 0) is 4.79 Å². The second-order valence-electron chi connectivity index (χ2n) is 6.62. The number of hydrogen-bond donors (Lipinski definition) is 1. The third-order valence-corrected chi connectivity index (χ3v) is 4.84. The summed E-state index contributed by atoms with van der Waals surface area (Å²) in [5.74, 6) is -0.00664. The zero-order chi connectivity index (χ0) is 19.7. The molecule has 0 aromatic heterocycles. The maximum atomic E-state index is 11.5. The molecular weight excluding hydrogens is 346 g/mol. The molecule has 0 saturated heterocycles. The van der Waals surface area contributed by atoms with Gasteiger partial charge in [0.2, 0.25) is 0 Å². The van der Waals surface area contributed by atoms with E-state index < -0.39 is 5.97 Å². The van der Waals surface area contributed by atoms with Crippen molar-refractivity contribution in [2.75, 3.05) is 6.61 Å². The number of rotatable bonds is 9. The largest absolute Gasteiger partial charge is 0.492 e. The number of unbranched alkanes of at least 4 members (excludes halogenated alkanes) is 1. The fourth-order valence-electron chi connectivity index (χ4n) is 2.12. The van der Waals surface area contributed by atoms with Gasteiger partial charge in [-0.15, -0.1) is 0 Å². The number of allylic oxidation sites excluding steroid dienone is 2. The molecule has 0 amide bonds. The van der Waals surface area contributed by atoms with Gasteiger partial charge in [-0.2, -0.15) is 5.26 Å². The van der Waals surface area contributed by atoms with Crippen molar-refractivity contribution in [3.05, 3.63) is 45.9 Å². The molecule has 0 fully saturated rings. The molecule has 0 aliphatic rings. The minimum atomic E-state index is -0.935. The van der Waals surface area contributed by atoms with Gasteiger partial charge < -0.3 is 9.84 Å². The predicted molar refractivity (Wildman–Crippen MR) is 108 cm³/mol. The van der Waals surface area contributed by atoms with Crippen LogP contribution in [0.2, 0.25) is 0 Å². The number of thioether (sulfide) groups is 1. The van der Waals surface area contributed by atoms with Crippen molar-refractivity contribution in [3.63, 3.8) is 0 Å². The zero-order valence-corrected chi connectivity index (χ0v) is 16.9. The fourth-order valence-corrected chi connectivity index (χ4v) is 3.07. The summed E-state index contributed by atoms with van der Waals surface area (Å²) < 4.78 is 5.71. The smallest absolute Gasteiger partial charge is 0.342 e. The molecule has 1 aromatic carbocycles. The first-order valence-electron chi connectivity index (χ1n) is 8.76. The molecule has 26 heavy (non-hydrogen) atoms. The van der Waals surface area contributed by atoms with Gasteiger partial charge in [-0.05, 0) is 43.9 Å². The Morgan fingerprint density at radius 1 is 1.38 bits per heavy atom. The first kappa shape index (κ1) is 21.9. The third kappa shape index (κ3) is 6.61. The van der Waals surface area contributed by atoms with Crippen LogP contribution in [0, 0.1) is 17.2 Å². The number of ether oxygens (including phenoxy) is 1. The monoisotopic (exact) mass is 373 g/mol. The highest BCUT2D eigenvalue weighted by Crippen LogP contribution is 2.37. The van der Waals surface area contributed by atoms with Crippen molar-refractivity contribution in [1.29, 1.82) is 5.26 Å². The SMILES string of the molecule is CCC/C=C(/SC(C(=O)O)=C(C)C)c1ccc(OCC(C)C)c(C#N)c1. The first-order chi connectivity index (χ1) is 12.3. The molecule has 1 rings (SSSR count). The molecule has 0 radical (unpaired) electrons. The lowest BCUT2D eigenvalue weighted by atomic mass is 10.1. The minimum Gasteiger partial charge on any atom is -0.492 e. The molecule has 0 aliphatic heterocycles. The quantitative estimate of drug-likeness (QED) is 0.550. The van der Waals surface area contributed by atoms with E-state index in [1.54, 1.807) is 26.0 Å². The molecule has 140 valence electrons. The standard InChI is InChI=1S/C21H27NO3S/c1-6-7-8-19(26-20(15(4)5)21(23)24)16-9-10-18(17(11-16)12-22)25-13-14(2)3/h8-11,14H,6-7,13H2,1-5H3,(H,23,24)/b19-8+. The van der Waals surface area contributed by atoms with E-state index in [1.165, 1.54) is 11.8 Å². The van der Waals surface area contributed by atoms with Gasteiger partial charge in [-0.1, -0.05) is 56.7 Å². The van der Waals surface area contributed by atoms with E-state index in [0.717, 1.165) is 28.9 Å². The maximum Gasteiger partial charge on any atom is 0.342 e. The lowest BCUT2D eigenvalue weighted by molar-refractivity contribution is -0.131. The Morgan fingerprint density at radius 3 is 2.58 bits per heavy atom. The summed E-state index contributed by atoms with van der Waals surface area (Å²) >= 11 is 1.23. The second-order valence-corrected chi connectivity index (χ2v) is 7.67. The van der Waals surface area contributed by atoms with Crippen molar-refractivity contribution in [2.24, 2.45) is 5.92 Å². The molecule has 0 unspecified atom stereocenters. The normalized spacial score (nSPS) is 11.2. The number of nitrogens with zero attached hydrogens (tertiary/aromatic N) is 1. The van der Waals surface area contributed by atoms with Gasteiger partial charge in [0.1, 0.15) is 11.8 Å². The number of aliphatic carboxylic acids is 1. The first-order valence-corrected chi connectivity index (χ1v) is 9.57. The van der Waals surface area contributed by atoms with Gasteiger partial charge in [0.05, 0.1) is 17.1 Å². The molecule has 0 bridgehead atoms. The Hall–Kier alpha value is -2.19. The van der Waals surface area contributed by atoms with E-state index in [-0.39, 0.29) is 0 Å². The van der Waals surface area contributed by atoms with Crippen LogP contribution in [0.1, 0.15) is 58.6 Å². The number of carboxylic acids is 1. The van der Waals surface area contributed by atoms with Gasteiger partial charge >= 0.3 is 5.97 Å². The molecule has 0 saturated carbocycles. The van der Waals surface area contributed by atoms with Gasteiger partial charge in [0.15, 0.2) is 0 Å². The summed E-state index contributed by atoms with van der Waals surface area (Å²) in [5, 5.41) is 18.9. The zero-order valence-electron chi connectivity index (χ0n) is 16.1. The van der Waals surface area contributed by atoms with E-state index in [4.69, 9.17) is 4.74 Å². The summed E-state index contributed by atoms with van der Waals surface area (Å²) in [6.45, 7) is 10.3. The lowest BCUT2D eigenvalue weighted by Crippen LogP contribution is -2.05. The topological polar surface area (TPSA) is 70.3 Å². The molecular formula is C21H27NO3S. The summed E-state index contributed by atoms with van der Waals surface area (Å²) in [5.41, 5.74) is 2.04. The van der Waals surface area contributed by atoms with E-state index in [1.807, 2.05) is 12.1 Å². The summed E-state index contributed by atoms with van der Waals surface area (Å²) in [4.78, 5) is 12.7. The highest BCUT2D eigenvalue weighted by Gasteiger charge is 2.16. The fraction of sp³-hybridized carbons (Fsp3) is 0.429. The number of benzene rings is 1. The van der Waals surface area contributed by atoms with Crippen LogP contribution >= 0.6 is 11.8 Å². The number of nitriles is 1. The van der Waals surface area contributed by atoms with Crippen LogP contribution in [0.25, 0.3) is 4.91 Å². The highest BCUT2D eigenvalue weighted by molar-refractivity contribution is 8.12. The Morgan fingerprint density at radius 2 is 2.08 bits per heavy atom. The van der Waals surface area contributed by atoms with Gasteiger partial charge in [0, 0.05) is 4.91 Å². The van der Waals surface area contributed by atoms with Crippen molar-refractivity contribution in [2.45, 2.75) is 47.5 Å². The van der Waals surface area contributed by atoms with Crippen LogP contribution in [0.3, 0.4) is 0 Å². The Balaban J connectivity index is 3.25. The molecule has 4 nitrogen and oxygen atoms in total.